The van der Waals surface area contributed by atoms with Gasteiger partial charge in [-0.25, -0.2) is 4.39 Å². The monoisotopic (exact) mass is 310 g/mol. The van der Waals surface area contributed by atoms with Crippen molar-refractivity contribution in [3.8, 4) is 0 Å². The van der Waals surface area contributed by atoms with E-state index in [4.69, 9.17) is 0 Å². The van der Waals surface area contributed by atoms with E-state index in [0.29, 0.717) is 3.57 Å². The molecule has 62 valence electrons. The van der Waals surface area contributed by atoms with Crippen LogP contribution in [0.3, 0.4) is 0 Å². The van der Waals surface area contributed by atoms with Gasteiger partial charge in [0.15, 0.2) is 0 Å². The van der Waals surface area contributed by atoms with Crippen LogP contribution in [-0.4, -0.2) is 0 Å². The fourth-order valence-electron chi connectivity index (χ4n) is 1.04. The van der Waals surface area contributed by atoms with Crippen LogP contribution in [0.2, 0.25) is 0 Å². The lowest BCUT2D eigenvalue weighted by molar-refractivity contribution is 0.623. The third kappa shape index (κ3) is 1.36. The Bertz CT molecular complexity index is 436. The molecule has 1 heterocycles. The van der Waals surface area contributed by atoms with Crippen LogP contribution in [-0.2, 0) is 0 Å². The van der Waals surface area contributed by atoms with Gasteiger partial charge in [-0.05, 0) is 40.8 Å². The van der Waals surface area contributed by atoms with Gasteiger partial charge in [-0.2, -0.15) is 0 Å². The Balaban J connectivity index is 2.89. The van der Waals surface area contributed by atoms with Gasteiger partial charge in [-0.15, -0.1) is 24.0 Å². The molecule has 0 aliphatic heterocycles. The topological polar surface area (TPSA) is 0 Å². The number of thiol groups is 1. The molecule has 0 N–H and O–H groups in total. The van der Waals surface area contributed by atoms with Gasteiger partial charge in [0.2, 0.25) is 0 Å². The molecule has 0 atom stereocenters. The zero-order valence-electron chi connectivity index (χ0n) is 5.84. The van der Waals surface area contributed by atoms with Crippen molar-refractivity contribution >= 4 is 56.6 Å². The molecule has 0 spiro atoms. The Hall–Kier alpha value is 0.190. The highest BCUT2D eigenvalue weighted by Crippen LogP contribution is 2.32. The Kier molecular flexibility index (Phi) is 2.31. The van der Waals surface area contributed by atoms with Crippen LogP contribution in [0.5, 0.6) is 0 Å². The van der Waals surface area contributed by atoms with Crippen LogP contribution in [0, 0.1) is 9.39 Å². The van der Waals surface area contributed by atoms with Crippen molar-refractivity contribution in [1.82, 2.24) is 0 Å². The SMILES string of the molecule is Fc1ccc2sc(S)cc2c1I. The first-order chi connectivity index (χ1) is 5.68. The Morgan fingerprint density at radius 1 is 1.42 bits per heavy atom. The summed E-state index contributed by atoms with van der Waals surface area (Å²) >= 11 is 7.80. The van der Waals surface area contributed by atoms with E-state index in [0.717, 1.165) is 14.3 Å². The minimum Gasteiger partial charge on any atom is -0.206 e. The summed E-state index contributed by atoms with van der Waals surface area (Å²) in [6, 6.07) is 5.18. The van der Waals surface area contributed by atoms with E-state index in [1.165, 1.54) is 6.07 Å². The predicted molar refractivity (Wildman–Crippen MR) is 61.8 cm³/mol. The van der Waals surface area contributed by atoms with Gasteiger partial charge in [-0.3, -0.25) is 0 Å². The summed E-state index contributed by atoms with van der Waals surface area (Å²) < 4.78 is 15.7. The van der Waals surface area contributed by atoms with Gasteiger partial charge < -0.3 is 0 Å². The Morgan fingerprint density at radius 3 is 2.92 bits per heavy atom. The van der Waals surface area contributed by atoms with Gasteiger partial charge >= 0.3 is 0 Å². The lowest BCUT2D eigenvalue weighted by Crippen LogP contribution is -1.79. The van der Waals surface area contributed by atoms with Gasteiger partial charge in [0, 0.05) is 10.1 Å². The maximum Gasteiger partial charge on any atom is 0.137 e. The molecular weight excluding hydrogens is 306 g/mol. The summed E-state index contributed by atoms with van der Waals surface area (Å²) in [6.07, 6.45) is 0. The van der Waals surface area contributed by atoms with Crippen molar-refractivity contribution in [2.45, 2.75) is 4.21 Å². The first-order valence-corrected chi connectivity index (χ1v) is 5.59. The number of hydrogen-bond donors (Lipinski definition) is 1. The maximum absolute atomic E-state index is 13.0. The first kappa shape index (κ1) is 8.77. The Labute approximate surface area is 92.3 Å². The largest absolute Gasteiger partial charge is 0.206 e. The van der Waals surface area contributed by atoms with Crippen LogP contribution in [0.1, 0.15) is 0 Å². The molecule has 0 fully saturated rings. The van der Waals surface area contributed by atoms with Crippen LogP contribution in [0.25, 0.3) is 10.1 Å². The van der Waals surface area contributed by atoms with E-state index in [9.17, 15) is 4.39 Å². The van der Waals surface area contributed by atoms with E-state index >= 15 is 0 Å². The molecule has 1 aromatic carbocycles. The number of benzene rings is 1. The maximum atomic E-state index is 13.0. The van der Waals surface area contributed by atoms with Gasteiger partial charge in [-0.1, -0.05) is 0 Å². The molecule has 0 unspecified atom stereocenters. The van der Waals surface area contributed by atoms with E-state index < -0.39 is 0 Å². The summed E-state index contributed by atoms with van der Waals surface area (Å²) in [7, 11) is 0. The van der Waals surface area contributed by atoms with Crippen LogP contribution in [0.15, 0.2) is 22.4 Å². The first-order valence-electron chi connectivity index (χ1n) is 3.25. The third-order valence-corrected chi connectivity index (χ3v) is 3.98. The van der Waals surface area contributed by atoms with Crippen molar-refractivity contribution in [2.24, 2.45) is 0 Å². The smallest absolute Gasteiger partial charge is 0.137 e. The van der Waals surface area contributed by atoms with Gasteiger partial charge in [0.05, 0.1) is 7.78 Å². The average Bonchev–Trinajstić information content (AvgIpc) is 2.39. The van der Waals surface area contributed by atoms with Crippen LogP contribution in [0.4, 0.5) is 4.39 Å². The molecule has 0 saturated heterocycles. The number of halogens is 2. The second kappa shape index (κ2) is 3.16. The average molecular weight is 310 g/mol. The van der Waals surface area contributed by atoms with Gasteiger partial charge in [0.25, 0.3) is 0 Å². The van der Waals surface area contributed by atoms with Gasteiger partial charge in [0.1, 0.15) is 5.82 Å². The standard InChI is InChI=1S/C8H4FIS2/c9-5-1-2-6-4(8(5)10)3-7(11)12-6/h1-3,11H. The fourth-order valence-corrected chi connectivity index (χ4v) is 3.08. The minimum atomic E-state index is -0.158. The molecule has 2 aromatic rings. The van der Waals surface area contributed by atoms with Crippen molar-refractivity contribution in [3.63, 3.8) is 0 Å². The Morgan fingerprint density at radius 2 is 2.17 bits per heavy atom. The zero-order chi connectivity index (χ0) is 8.72. The summed E-state index contributed by atoms with van der Waals surface area (Å²) in [4.78, 5) is 0. The molecule has 0 saturated carbocycles. The quantitative estimate of drug-likeness (QED) is 0.553. The number of fused-ring (bicyclic) bond motifs is 1. The molecule has 0 bridgehead atoms. The van der Waals surface area contributed by atoms with Crippen molar-refractivity contribution in [1.29, 1.82) is 0 Å². The molecule has 1 aromatic heterocycles. The molecule has 4 heteroatoms. The zero-order valence-corrected chi connectivity index (χ0v) is 9.71. The lowest BCUT2D eigenvalue weighted by Gasteiger charge is -1.94. The third-order valence-electron chi connectivity index (χ3n) is 1.57. The summed E-state index contributed by atoms with van der Waals surface area (Å²) in [6.45, 7) is 0. The predicted octanol–water partition coefficient (Wildman–Crippen LogP) is 3.93. The summed E-state index contributed by atoms with van der Waals surface area (Å²) in [5, 5.41) is 0.964. The van der Waals surface area contributed by atoms with E-state index in [2.05, 4.69) is 12.6 Å². The van der Waals surface area contributed by atoms with E-state index in [-0.39, 0.29) is 5.82 Å². The number of thiophene rings is 1. The van der Waals surface area contributed by atoms with E-state index in [1.807, 2.05) is 28.7 Å². The highest BCUT2D eigenvalue weighted by molar-refractivity contribution is 14.1. The second-order valence-electron chi connectivity index (χ2n) is 2.36. The molecule has 12 heavy (non-hydrogen) atoms. The molecule has 0 aliphatic rings. The normalized spacial score (nSPS) is 10.9. The van der Waals surface area contributed by atoms with Crippen molar-refractivity contribution in [3.05, 3.63) is 27.6 Å². The minimum absolute atomic E-state index is 0.158. The fraction of sp³-hybridized carbons (Fsp3) is 0. The van der Waals surface area contributed by atoms with Crippen LogP contribution < -0.4 is 0 Å². The molecule has 0 aliphatic carbocycles. The van der Waals surface area contributed by atoms with E-state index in [1.54, 1.807) is 17.4 Å². The highest BCUT2D eigenvalue weighted by Gasteiger charge is 2.06. The molecule has 2 rings (SSSR count). The lowest BCUT2D eigenvalue weighted by atomic mass is 10.3. The summed E-state index contributed by atoms with van der Waals surface area (Å²) in [5.41, 5.74) is 0. The molecule has 0 radical (unpaired) electrons. The van der Waals surface area contributed by atoms with Crippen LogP contribution >= 0.6 is 46.6 Å². The van der Waals surface area contributed by atoms with Crippen molar-refractivity contribution in [2.75, 3.05) is 0 Å². The molecular formula is C8H4FIS2. The molecule has 0 amide bonds. The summed E-state index contributed by atoms with van der Waals surface area (Å²) in [5.74, 6) is -0.158. The number of hydrogen-bond acceptors (Lipinski definition) is 2. The molecule has 0 nitrogen and oxygen atoms in total. The van der Waals surface area contributed by atoms with Crippen molar-refractivity contribution < 1.29 is 4.39 Å². The highest BCUT2D eigenvalue weighted by atomic mass is 127. The second-order valence-corrected chi connectivity index (χ2v) is 5.30. The number of rotatable bonds is 0.